The van der Waals surface area contributed by atoms with Gasteiger partial charge in [-0.05, 0) is 74.6 Å². The molecule has 0 amide bonds. The Morgan fingerprint density at radius 1 is 1.15 bits per heavy atom. The number of rotatable bonds is 7. The third kappa shape index (κ3) is 3.48. The van der Waals surface area contributed by atoms with E-state index in [1.807, 2.05) is 26.0 Å². The van der Waals surface area contributed by atoms with Gasteiger partial charge in [-0.15, -0.1) is 0 Å². The van der Waals surface area contributed by atoms with Crippen molar-refractivity contribution in [3.05, 3.63) is 28.3 Å². The van der Waals surface area contributed by atoms with E-state index in [2.05, 4.69) is 5.32 Å². The van der Waals surface area contributed by atoms with Crippen LogP contribution in [0.25, 0.3) is 0 Å². The topological polar surface area (TPSA) is 21.3 Å². The summed E-state index contributed by atoms with van der Waals surface area (Å²) in [5, 5.41) is 4.55. The summed E-state index contributed by atoms with van der Waals surface area (Å²) in [6.45, 7) is 5.72. The molecule has 2 aliphatic carbocycles. The van der Waals surface area contributed by atoms with E-state index in [0.717, 1.165) is 52.9 Å². The highest BCUT2D eigenvalue weighted by Crippen LogP contribution is 2.44. The minimum absolute atomic E-state index is 0.733. The third-order valence-corrected chi connectivity index (χ3v) is 5.02. The van der Waals surface area contributed by atoms with Gasteiger partial charge in [-0.2, -0.15) is 0 Å². The van der Waals surface area contributed by atoms with Crippen molar-refractivity contribution in [3.63, 3.8) is 0 Å². The largest absolute Gasteiger partial charge is 0.492 e. The fourth-order valence-electron chi connectivity index (χ4n) is 3.01. The first kappa shape index (κ1) is 14.2. The molecule has 0 saturated heterocycles. The molecule has 3 heteroatoms. The van der Waals surface area contributed by atoms with Gasteiger partial charge in [-0.1, -0.05) is 11.6 Å². The average Bonchev–Trinajstić information content (AvgIpc) is 3.26. The second-order valence-electron chi connectivity index (χ2n) is 6.37. The molecule has 2 nitrogen and oxygen atoms in total. The molecule has 0 heterocycles. The fourth-order valence-corrected chi connectivity index (χ4v) is 3.12. The number of hydrogen-bond donors (Lipinski definition) is 1. The summed E-state index contributed by atoms with van der Waals surface area (Å²) in [6.07, 6.45) is 5.68. The predicted molar refractivity (Wildman–Crippen MR) is 83.7 cm³/mol. The molecular formula is C17H24ClNO. The molecule has 2 aliphatic rings. The molecule has 0 atom stereocenters. The molecule has 2 fully saturated rings. The molecule has 0 unspecified atom stereocenters. The second-order valence-corrected chi connectivity index (χ2v) is 6.75. The highest BCUT2D eigenvalue weighted by atomic mass is 35.5. The van der Waals surface area contributed by atoms with Crippen molar-refractivity contribution < 1.29 is 4.74 Å². The van der Waals surface area contributed by atoms with Crippen molar-refractivity contribution in [3.8, 4) is 5.75 Å². The van der Waals surface area contributed by atoms with Gasteiger partial charge in [-0.3, -0.25) is 0 Å². The van der Waals surface area contributed by atoms with Gasteiger partial charge in [0.15, 0.2) is 0 Å². The molecule has 20 heavy (non-hydrogen) atoms. The number of nitrogens with one attached hydrogen (secondary N) is 1. The summed E-state index contributed by atoms with van der Waals surface area (Å²) in [6, 6.07) is 4.80. The lowest BCUT2D eigenvalue weighted by molar-refractivity contribution is 0.293. The van der Waals surface area contributed by atoms with Crippen molar-refractivity contribution in [2.24, 2.45) is 11.8 Å². The van der Waals surface area contributed by atoms with E-state index in [1.165, 1.54) is 25.7 Å². The number of halogens is 1. The number of ether oxygens (including phenoxy) is 1. The highest BCUT2D eigenvalue weighted by molar-refractivity contribution is 6.32. The van der Waals surface area contributed by atoms with Gasteiger partial charge in [0.2, 0.25) is 0 Å². The maximum absolute atomic E-state index is 6.17. The van der Waals surface area contributed by atoms with Crippen molar-refractivity contribution in [1.82, 2.24) is 5.32 Å². The lowest BCUT2D eigenvalue weighted by atomic mass is 10.1. The lowest BCUT2D eigenvalue weighted by Gasteiger charge is -2.18. The zero-order valence-electron chi connectivity index (χ0n) is 12.4. The van der Waals surface area contributed by atoms with Gasteiger partial charge < -0.3 is 10.1 Å². The van der Waals surface area contributed by atoms with E-state index in [1.54, 1.807) is 0 Å². The van der Waals surface area contributed by atoms with E-state index < -0.39 is 0 Å². The Morgan fingerprint density at radius 3 is 2.20 bits per heavy atom. The smallest absolute Gasteiger partial charge is 0.119 e. The minimum atomic E-state index is 0.733. The minimum Gasteiger partial charge on any atom is -0.492 e. The quantitative estimate of drug-likeness (QED) is 0.764. The molecule has 1 aromatic rings. The van der Waals surface area contributed by atoms with Gasteiger partial charge in [0, 0.05) is 17.6 Å². The van der Waals surface area contributed by atoms with Crippen LogP contribution in [-0.2, 0) is 0 Å². The van der Waals surface area contributed by atoms with Crippen molar-refractivity contribution >= 4 is 11.6 Å². The van der Waals surface area contributed by atoms with E-state index in [9.17, 15) is 0 Å². The second kappa shape index (κ2) is 5.95. The maximum Gasteiger partial charge on any atom is 0.119 e. The van der Waals surface area contributed by atoms with Crippen LogP contribution in [0.4, 0.5) is 0 Å². The Morgan fingerprint density at radius 2 is 1.70 bits per heavy atom. The van der Waals surface area contributed by atoms with Crippen LogP contribution in [0.15, 0.2) is 12.1 Å². The standard InChI is InChI=1S/C17H24ClNO/c1-11-9-15(10-12(2)16(11)18)20-8-7-19-17(13-3-4-13)14-5-6-14/h9-10,13-14,17,19H,3-8H2,1-2H3. The normalized spacial score (nSPS) is 18.6. The third-order valence-electron chi connectivity index (χ3n) is 4.42. The first-order valence-corrected chi connectivity index (χ1v) is 8.16. The molecule has 0 bridgehead atoms. The maximum atomic E-state index is 6.17. The fraction of sp³-hybridized carbons (Fsp3) is 0.647. The number of hydrogen-bond acceptors (Lipinski definition) is 2. The highest BCUT2D eigenvalue weighted by Gasteiger charge is 2.40. The Hall–Kier alpha value is -0.730. The van der Waals surface area contributed by atoms with Crippen molar-refractivity contribution in [1.29, 1.82) is 0 Å². The molecule has 1 N–H and O–H groups in total. The Bertz CT molecular complexity index is 445. The molecule has 110 valence electrons. The molecule has 0 spiro atoms. The molecule has 0 radical (unpaired) electrons. The van der Waals surface area contributed by atoms with Gasteiger partial charge in [0.1, 0.15) is 12.4 Å². The van der Waals surface area contributed by atoms with Crippen LogP contribution < -0.4 is 10.1 Å². The average molecular weight is 294 g/mol. The van der Waals surface area contributed by atoms with Crippen molar-refractivity contribution in [2.75, 3.05) is 13.2 Å². The van der Waals surface area contributed by atoms with Crippen LogP contribution in [0.3, 0.4) is 0 Å². The van der Waals surface area contributed by atoms with Gasteiger partial charge in [-0.25, -0.2) is 0 Å². The van der Waals surface area contributed by atoms with Crippen molar-refractivity contribution in [2.45, 2.75) is 45.6 Å². The van der Waals surface area contributed by atoms with Crippen LogP contribution in [0.2, 0.25) is 5.02 Å². The molecule has 0 aliphatic heterocycles. The van der Waals surface area contributed by atoms with E-state index >= 15 is 0 Å². The van der Waals surface area contributed by atoms with Crippen LogP contribution in [-0.4, -0.2) is 19.2 Å². The molecule has 3 rings (SSSR count). The van der Waals surface area contributed by atoms with E-state index in [0.29, 0.717) is 0 Å². The molecule has 1 aromatic carbocycles. The summed E-state index contributed by atoms with van der Waals surface area (Å²) in [5.41, 5.74) is 2.17. The van der Waals surface area contributed by atoms with Crippen LogP contribution in [0.5, 0.6) is 5.75 Å². The van der Waals surface area contributed by atoms with Gasteiger partial charge in [0.25, 0.3) is 0 Å². The summed E-state index contributed by atoms with van der Waals surface area (Å²) in [4.78, 5) is 0. The Kier molecular flexibility index (Phi) is 4.23. The summed E-state index contributed by atoms with van der Waals surface area (Å²) < 4.78 is 5.85. The first-order valence-electron chi connectivity index (χ1n) is 7.78. The first-order chi connectivity index (χ1) is 9.65. The van der Waals surface area contributed by atoms with Gasteiger partial charge >= 0.3 is 0 Å². The van der Waals surface area contributed by atoms with E-state index in [-0.39, 0.29) is 0 Å². The summed E-state index contributed by atoms with van der Waals surface area (Å²) in [5.74, 6) is 2.82. The summed E-state index contributed by atoms with van der Waals surface area (Å²) >= 11 is 6.17. The van der Waals surface area contributed by atoms with Crippen LogP contribution in [0.1, 0.15) is 36.8 Å². The predicted octanol–water partition coefficient (Wildman–Crippen LogP) is 4.11. The summed E-state index contributed by atoms with van der Waals surface area (Å²) in [7, 11) is 0. The number of aryl methyl sites for hydroxylation is 2. The molecule has 0 aromatic heterocycles. The van der Waals surface area contributed by atoms with Gasteiger partial charge in [0.05, 0.1) is 0 Å². The number of benzene rings is 1. The van der Waals surface area contributed by atoms with Crippen LogP contribution >= 0.6 is 11.6 Å². The lowest BCUT2D eigenvalue weighted by Crippen LogP contribution is -2.36. The SMILES string of the molecule is Cc1cc(OCCNC(C2CC2)C2CC2)cc(C)c1Cl. The zero-order valence-corrected chi connectivity index (χ0v) is 13.2. The monoisotopic (exact) mass is 293 g/mol. The van der Waals surface area contributed by atoms with Crippen LogP contribution in [0, 0.1) is 25.7 Å². The van der Waals surface area contributed by atoms with E-state index in [4.69, 9.17) is 16.3 Å². The molecular weight excluding hydrogens is 270 g/mol. The zero-order chi connectivity index (χ0) is 14.1. The Labute approximate surface area is 126 Å². The Balaban J connectivity index is 1.45. The molecule has 2 saturated carbocycles.